The molecule has 17 heavy (non-hydrogen) atoms. The fourth-order valence-electron chi connectivity index (χ4n) is 1.90. The van der Waals surface area contributed by atoms with Gasteiger partial charge in [0.25, 0.3) is 0 Å². The van der Waals surface area contributed by atoms with Gasteiger partial charge in [0.05, 0.1) is 6.61 Å². The average molecular weight is 304 g/mol. The van der Waals surface area contributed by atoms with Gasteiger partial charge in [-0.1, -0.05) is 28.1 Å². The lowest BCUT2D eigenvalue weighted by molar-refractivity contribution is 0.0334. The number of alkyl halides is 1. The molecule has 1 atom stereocenters. The summed E-state index contributed by atoms with van der Waals surface area (Å²) in [5.74, 6) is 0. The highest BCUT2D eigenvalue weighted by molar-refractivity contribution is 9.10. The Kier molecular flexibility index (Phi) is 6.09. The molecule has 0 saturated carbocycles. The van der Waals surface area contributed by atoms with Gasteiger partial charge < -0.3 is 10.5 Å². The van der Waals surface area contributed by atoms with Crippen molar-refractivity contribution in [3.8, 4) is 0 Å². The van der Waals surface area contributed by atoms with E-state index >= 15 is 0 Å². The quantitative estimate of drug-likeness (QED) is 0.840. The molecule has 0 aromatic heterocycles. The SMILES string of the molecule is COCC(F)(CCCN)Cc1cccc(Br)c1. The minimum absolute atomic E-state index is 0.111. The summed E-state index contributed by atoms with van der Waals surface area (Å²) in [5, 5.41) is 0. The van der Waals surface area contributed by atoms with Gasteiger partial charge in [-0.2, -0.15) is 0 Å². The van der Waals surface area contributed by atoms with E-state index in [4.69, 9.17) is 10.5 Å². The van der Waals surface area contributed by atoms with Crippen molar-refractivity contribution >= 4 is 15.9 Å². The molecule has 0 radical (unpaired) electrons. The summed E-state index contributed by atoms with van der Waals surface area (Å²) in [6, 6.07) is 7.71. The summed E-state index contributed by atoms with van der Waals surface area (Å²) in [6.07, 6.45) is 1.47. The lowest BCUT2D eigenvalue weighted by Crippen LogP contribution is -2.32. The van der Waals surface area contributed by atoms with Crippen molar-refractivity contribution in [2.75, 3.05) is 20.3 Å². The average Bonchev–Trinajstić information content (AvgIpc) is 2.27. The molecule has 1 unspecified atom stereocenters. The molecule has 2 nitrogen and oxygen atoms in total. The van der Waals surface area contributed by atoms with E-state index in [0.29, 0.717) is 25.8 Å². The van der Waals surface area contributed by atoms with Crippen molar-refractivity contribution < 1.29 is 9.13 Å². The van der Waals surface area contributed by atoms with Crippen molar-refractivity contribution in [3.05, 3.63) is 34.3 Å². The van der Waals surface area contributed by atoms with Gasteiger partial charge in [-0.05, 0) is 37.1 Å². The number of benzene rings is 1. The maximum Gasteiger partial charge on any atom is 0.138 e. The van der Waals surface area contributed by atoms with Crippen LogP contribution in [0.2, 0.25) is 0 Å². The van der Waals surface area contributed by atoms with Crippen LogP contribution in [-0.4, -0.2) is 25.9 Å². The number of rotatable bonds is 7. The van der Waals surface area contributed by atoms with Gasteiger partial charge in [-0.25, -0.2) is 4.39 Å². The van der Waals surface area contributed by atoms with Crippen LogP contribution < -0.4 is 5.73 Å². The second-order valence-electron chi connectivity index (χ2n) is 4.28. The Hall–Kier alpha value is -0.450. The lowest BCUT2D eigenvalue weighted by Gasteiger charge is -2.24. The molecule has 1 rings (SSSR count). The molecule has 0 bridgehead atoms. The number of ether oxygens (including phenoxy) is 1. The van der Waals surface area contributed by atoms with E-state index in [9.17, 15) is 4.39 Å². The highest BCUT2D eigenvalue weighted by Crippen LogP contribution is 2.25. The highest BCUT2D eigenvalue weighted by Gasteiger charge is 2.29. The Labute approximate surface area is 110 Å². The van der Waals surface area contributed by atoms with Crippen molar-refractivity contribution in [2.45, 2.75) is 24.9 Å². The number of methoxy groups -OCH3 is 1. The summed E-state index contributed by atoms with van der Waals surface area (Å²) in [4.78, 5) is 0. The molecule has 0 aliphatic carbocycles. The van der Waals surface area contributed by atoms with Crippen molar-refractivity contribution in [2.24, 2.45) is 5.73 Å². The van der Waals surface area contributed by atoms with E-state index in [-0.39, 0.29) is 6.61 Å². The molecule has 0 amide bonds. The molecule has 0 fully saturated rings. The number of hydrogen-bond donors (Lipinski definition) is 1. The third kappa shape index (κ3) is 5.15. The molecule has 0 spiro atoms. The van der Waals surface area contributed by atoms with Crippen LogP contribution in [0.15, 0.2) is 28.7 Å². The summed E-state index contributed by atoms with van der Waals surface area (Å²) in [7, 11) is 1.53. The van der Waals surface area contributed by atoms with E-state index < -0.39 is 5.67 Å². The first-order chi connectivity index (χ1) is 8.09. The molecule has 0 heterocycles. The summed E-state index contributed by atoms with van der Waals surface area (Å²) < 4.78 is 20.5. The van der Waals surface area contributed by atoms with E-state index in [2.05, 4.69) is 15.9 Å². The maximum absolute atomic E-state index is 14.6. The van der Waals surface area contributed by atoms with Crippen LogP contribution >= 0.6 is 15.9 Å². The van der Waals surface area contributed by atoms with Crippen molar-refractivity contribution in [3.63, 3.8) is 0 Å². The van der Waals surface area contributed by atoms with Crippen LogP contribution in [0.5, 0.6) is 0 Å². The number of hydrogen-bond acceptors (Lipinski definition) is 2. The van der Waals surface area contributed by atoms with Crippen LogP contribution in [0.25, 0.3) is 0 Å². The van der Waals surface area contributed by atoms with Crippen molar-refractivity contribution in [1.82, 2.24) is 0 Å². The monoisotopic (exact) mass is 303 g/mol. The van der Waals surface area contributed by atoms with E-state index in [1.807, 2.05) is 24.3 Å². The smallest absolute Gasteiger partial charge is 0.138 e. The molecular formula is C13H19BrFNO. The number of nitrogens with two attached hydrogens (primary N) is 1. The fraction of sp³-hybridized carbons (Fsp3) is 0.538. The first kappa shape index (κ1) is 14.6. The zero-order chi connectivity index (χ0) is 12.7. The zero-order valence-corrected chi connectivity index (χ0v) is 11.7. The molecule has 1 aromatic carbocycles. The number of halogens is 2. The normalized spacial score (nSPS) is 14.6. The molecule has 1 aromatic rings. The molecule has 0 aliphatic heterocycles. The largest absolute Gasteiger partial charge is 0.381 e. The standard InChI is InChI=1S/C13H19BrFNO/c1-17-10-13(15,6-3-7-16)9-11-4-2-5-12(14)8-11/h2,4-5,8H,3,6-7,9-10,16H2,1H3. The van der Waals surface area contributed by atoms with Crippen LogP contribution in [0, 0.1) is 0 Å². The van der Waals surface area contributed by atoms with Crippen molar-refractivity contribution in [1.29, 1.82) is 0 Å². The maximum atomic E-state index is 14.6. The Morgan fingerprint density at radius 2 is 2.24 bits per heavy atom. The second kappa shape index (κ2) is 7.09. The van der Waals surface area contributed by atoms with E-state index in [0.717, 1.165) is 10.0 Å². The summed E-state index contributed by atoms with van der Waals surface area (Å²) in [6.45, 7) is 0.618. The predicted octanol–water partition coefficient (Wildman–Crippen LogP) is 3.09. The van der Waals surface area contributed by atoms with Gasteiger partial charge in [0, 0.05) is 18.0 Å². The fourth-order valence-corrected chi connectivity index (χ4v) is 2.35. The first-order valence-electron chi connectivity index (χ1n) is 5.72. The van der Waals surface area contributed by atoms with Crippen LogP contribution in [0.1, 0.15) is 18.4 Å². The minimum Gasteiger partial charge on any atom is -0.381 e. The molecule has 4 heteroatoms. The third-order valence-electron chi connectivity index (χ3n) is 2.64. The summed E-state index contributed by atoms with van der Waals surface area (Å²) >= 11 is 3.39. The third-order valence-corrected chi connectivity index (χ3v) is 3.14. The molecule has 96 valence electrons. The summed E-state index contributed by atoms with van der Waals surface area (Å²) in [5.41, 5.74) is 5.08. The molecule has 0 saturated heterocycles. The molecule has 2 N–H and O–H groups in total. The Morgan fingerprint density at radius 1 is 1.47 bits per heavy atom. The Morgan fingerprint density at radius 3 is 2.82 bits per heavy atom. The minimum atomic E-state index is -1.32. The Bertz CT molecular complexity index is 348. The van der Waals surface area contributed by atoms with Gasteiger partial charge in [0.15, 0.2) is 0 Å². The Balaban J connectivity index is 2.71. The zero-order valence-electron chi connectivity index (χ0n) is 10.1. The second-order valence-corrected chi connectivity index (χ2v) is 5.20. The highest BCUT2D eigenvalue weighted by atomic mass is 79.9. The predicted molar refractivity (Wildman–Crippen MR) is 71.8 cm³/mol. The first-order valence-corrected chi connectivity index (χ1v) is 6.51. The van der Waals surface area contributed by atoms with Crippen LogP contribution in [0.4, 0.5) is 4.39 Å². The van der Waals surface area contributed by atoms with Gasteiger partial charge >= 0.3 is 0 Å². The van der Waals surface area contributed by atoms with Gasteiger partial charge in [0.2, 0.25) is 0 Å². The van der Waals surface area contributed by atoms with Crippen LogP contribution in [0.3, 0.4) is 0 Å². The van der Waals surface area contributed by atoms with Gasteiger partial charge in [-0.15, -0.1) is 0 Å². The lowest BCUT2D eigenvalue weighted by atomic mass is 9.92. The van der Waals surface area contributed by atoms with E-state index in [1.54, 1.807) is 0 Å². The molecular weight excluding hydrogens is 285 g/mol. The topological polar surface area (TPSA) is 35.2 Å². The van der Waals surface area contributed by atoms with Crippen LogP contribution in [-0.2, 0) is 11.2 Å². The van der Waals surface area contributed by atoms with Gasteiger partial charge in [-0.3, -0.25) is 0 Å². The van der Waals surface area contributed by atoms with E-state index in [1.165, 1.54) is 7.11 Å². The van der Waals surface area contributed by atoms with Gasteiger partial charge in [0.1, 0.15) is 5.67 Å². The molecule has 0 aliphatic rings.